The summed E-state index contributed by atoms with van der Waals surface area (Å²) in [5.74, 6) is 0.198. The number of likely N-dealkylation sites (tertiary alicyclic amines) is 1. The molecule has 0 atom stereocenters. The molecule has 1 aromatic heterocycles. The summed E-state index contributed by atoms with van der Waals surface area (Å²) in [5, 5.41) is 5.68. The molecular weight excluding hydrogens is 394 g/mol. The molecule has 0 unspecified atom stereocenters. The molecule has 164 valence electrons. The van der Waals surface area contributed by atoms with Crippen molar-refractivity contribution in [1.29, 1.82) is 0 Å². The fourth-order valence-electron chi connectivity index (χ4n) is 3.47. The van der Waals surface area contributed by atoms with E-state index in [1.807, 2.05) is 24.8 Å². The summed E-state index contributed by atoms with van der Waals surface area (Å²) in [6.07, 6.45) is 4.91. The van der Waals surface area contributed by atoms with Gasteiger partial charge < -0.3 is 20.0 Å². The smallest absolute Gasteiger partial charge is 0.268 e. The molecule has 1 aromatic carbocycles. The van der Waals surface area contributed by atoms with Crippen molar-refractivity contribution in [2.24, 2.45) is 5.92 Å². The van der Waals surface area contributed by atoms with Crippen molar-refractivity contribution in [3.8, 4) is 0 Å². The number of piperidine rings is 1. The summed E-state index contributed by atoms with van der Waals surface area (Å²) in [5.41, 5.74) is 0.569. The Kier molecular flexibility index (Phi) is 7.65. The van der Waals surface area contributed by atoms with Crippen LogP contribution in [0, 0.1) is 5.92 Å². The van der Waals surface area contributed by atoms with Crippen LogP contribution >= 0.6 is 0 Å². The molecule has 0 bridgehead atoms. The van der Waals surface area contributed by atoms with Crippen LogP contribution in [-0.2, 0) is 9.59 Å². The molecule has 2 aromatic rings. The lowest BCUT2D eigenvalue weighted by Gasteiger charge is -2.33. The quantitative estimate of drug-likeness (QED) is 0.669. The maximum Gasteiger partial charge on any atom is 0.268 e. The van der Waals surface area contributed by atoms with Crippen LogP contribution in [0.4, 0.5) is 0 Å². The highest BCUT2D eigenvalue weighted by Gasteiger charge is 2.25. The van der Waals surface area contributed by atoms with Gasteiger partial charge in [-0.25, -0.2) is 0 Å². The number of carbonyl (C=O) groups is 3. The lowest BCUT2D eigenvalue weighted by atomic mass is 10.0. The highest BCUT2D eigenvalue weighted by atomic mass is 16.3. The van der Waals surface area contributed by atoms with Crippen molar-refractivity contribution < 1.29 is 18.8 Å². The second-order valence-electron chi connectivity index (χ2n) is 8.12. The first kappa shape index (κ1) is 22.3. The Balaban J connectivity index is 1.63. The number of nitrogens with one attached hydrogen (secondary N) is 2. The van der Waals surface area contributed by atoms with E-state index < -0.39 is 0 Å². The minimum absolute atomic E-state index is 0.0655. The zero-order valence-electron chi connectivity index (χ0n) is 18.0. The number of furan rings is 1. The minimum Gasteiger partial charge on any atom is -0.465 e. The number of hydrogen-bond acceptors (Lipinski definition) is 4. The van der Waals surface area contributed by atoms with Crippen molar-refractivity contribution in [2.45, 2.75) is 39.2 Å². The Labute approximate surface area is 182 Å². The third-order valence-electron chi connectivity index (χ3n) is 5.12. The molecule has 1 saturated heterocycles. The lowest BCUT2D eigenvalue weighted by Crippen LogP contribution is -2.48. The molecule has 7 heteroatoms. The Bertz CT molecular complexity index is 912. The van der Waals surface area contributed by atoms with Gasteiger partial charge in [0.05, 0.1) is 6.26 Å². The van der Waals surface area contributed by atoms with Gasteiger partial charge in [0.2, 0.25) is 5.91 Å². The number of benzene rings is 1. The van der Waals surface area contributed by atoms with E-state index in [0.717, 1.165) is 0 Å². The Morgan fingerprint density at radius 2 is 1.81 bits per heavy atom. The molecule has 1 fully saturated rings. The zero-order chi connectivity index (χ0) is 22.2. The summed E-state index contributed by atoms with van der Waals surface area (Å²) in [6.45, 7) is 5.29. The molecule has 0 spiro atoms. The number of amides is 3. The SMILES string of the molecule is CC(C)CC(=O)N1CCC(NC(=O)C(=Cc2ccco2)NC(=O)c2ccccc2)CC1. The van der Waals surface area contributed by atoms with Crippen molar-refractivity contribution in [3.05, 3.63) is 65.7 Å². The standard InChI is InChI=1S/C24H29N3O4/c1-17(2)15-22(28)27-12-10-19(11-13-27)25-24(30)21(16-20-9-6-14-31-20)26-23(29)18-7-4-3-5-8-18/h3-9,14,16-17,19H,10-13,15H2,1-2H3,(H,25,30)(H,26,29). The predicted octanol–water partition coefficient (Wildman–Crippen LogP) is 3.20. The fourth-order valence-corrected chi connectivity index (χ4v) is 3.47. The first-order valence-electron chi connectivity index (χ1n) is 10.6. The zero-order valence-corrected chi connectivity index (χ0v) is 18.0. The van der Waals surface area contributed by atoms with Gasteiger partial charge in [-0.1, -0.05) is 32.0 Å². The third-order valence-corrected chi connectivity index (χ3v) is 5.12. The highest BCUT2D eigenvalue weighted by Crippen LogP contribution is 2.15. The van der Waals surface area contributed by atoms with Gasteiger partial charge in [-0.05, 0) is 43.0 Å². The van der Waals surface area contributed by atoms with E-state index in [-0.39, 0.29) is 29.5 Å². The second kappa shape index (κ2) is 10.6. The topological polar surface area (TPSA) is 91.7 Å². The first-order valence-corrected chi connectivity index (χ1v) is 10.6. The molecule has 3 amide bonds. The first-order chi connectivity index (χ1) is 14.9. The fraction of sp³-hybridized carbons (Fsp3) is 0.375. The molecule has 2 N–H and O–H groups in total. The van der Waals surface area contributed by atoms with E-state index in [1.54, 1.807) is 36.4 Å². The number of hydrogen-bond donors (Lipinski definition) is 2. The van der Waals surface area contributed by atoms with Gasteiger partial charge in [-0.15, -0.1) is 0 Å². The molecule has 1 aliphatic heterocycles. The average molecular weight is 424 g/mol. The van der Waals surface area contributed by atoms with Crippen LogP contribution in [0.15, 0.2) is 58.8 Å². The lowest BCUT2D eigenvalue weighted by molar-refractivity contribution is -0.133. The van der Waals surface area contributed by atoms with Gasteiger partial charge in [0.25, 0.3) is 11.8 Å². The normalized spacial score (nSPS) is 15.1. The van der Waals surface area contributed by atoms with E-state index in [2.05, 4.69) is 10.6 Å². The Hall–Kier alpha value is -3.35. The van der Waals surface area contributed by atoms with Crippen LogP contribution in [0.1, 0.15) is 49.2 Å². The van der Waals surface area contributed by atoms with Crippen LogP contribution in [0.3, 0.4) is 0 Å². The van der Waals surface area contributed by atoms with Crippen molar-refractivity contribution in [1.82, 2.24) is 15.5 Å². The molecule has 2 heterocycles. The molecule has 0 radical (unpaired) electrons. The Morgan fingerprint density at radius 1 is 1.10 bits per heavy atom. The van der Waals surface area contributed by atoms with E-state index in [0.29, 0.717) is 49.6 Å². The van der Waals surface area contributed by atoms with Gasteiger partial charge in [0.1, 0.15) is 11.5 Å². The monoisotopic (exact) mass is 423 g/mol. The molecule has 0 aliphatic carbocycles. The van der Waals surface area contributed by atoms with Gasteiger partial charge in [0.15, 0.2) is 0 Å². The predicted molar refractivity (Wildman–Crippen MR) is 118 cm³/mol. The van der Waals surface area contributed by atoms with Gasteiger partial charge in [-0.3, -0.25) is 14.4 Å². The molecule has 1 aliphatic rings. The minimum atomic E-state index is -0.382. The average Bonchev–Trinajstić information content (AvgIpc) is 3.27. The van der Waals surface area contributed by atoms with Crippen molar-refractivity contribution in [3.63, 3.8) is 0 Å². The third kappa shape index (κ3) is 6.57. The summed E-state index contributed by atoms with van der Waals surface area (Å²) >= 11 is 0. The maximum atomic E-state index is 12.9. The van der Waals surface area contributed by atoms with Gasteiger partial charge >= 0.3 is 0 Å². The number of rotatable bonds is 7. The van der Waals surface area contributed by atoms with Crippen molar-refractivity contribution in [2.75, 3.05) is 13.1 Å². The number of nitrogens with zero attached hydrogens (tertiary/aromatic N) is 1. The van der Waals surface area contributed by atoms with Crippen LogP contribution in [0.2, 0.25) is 0 Å². The molecule has 31 heavy (non-hydrogen) atoms. The van der Waals surface area contributed by atoms with Crippen LogP contribution in [0.5, 0.6) is 0 Å². The second-order valence-corrected chi connectivity index (χ2v) is 8.12. The summed E-state index contributed by atoms with van der Waals surface area (Å²) in [4.78, 5) is 39.6. The van der Waals surface area contributed by atoms with Crippen LogP contribution in [0.25, 0.3) is 6.08 Å². The number of carbonyl (C=O) groups excluding carboxylic acids is 3. The van der Waals surface area contributed by atoms with E-state index in [4.69, 9.17) is 4.42 Å². The van der Waals surface area contributed by atoms with Crippen LogP contribution in [-0.4, -0.2) is 41.8 Å². The van der Waals surface area contributed by atoms with E-state index in [1.165, 1.54) is 12.3 Å². The molecule has 7 nitrogen and oxygen atoms in total. The van der Waals surface area contributed by atoms with Gasteiger partial charge in [-0.2, -0.15) is 0 Å². The van der Waals surface area contributed by atoms with Gasteiger partial charge in [0, 0.05) is 37.2 Å². The summed E-state index contributed by atoms with van der Waals surface area (Å²) in [6, 6.07) is 12.1. The van der Waals surface area contributed by atoms with E-state index >= 15 is 0 Å². The molecule has 3 rings (SSSR count). The van der Waals surface area contributed by atoms with Crippen LogP contribution < -0.4 is 10.6 Å². The molecule has 0 saturated carbocycles. The summed E-state index contributed by atoms with van der Waals surface area (Å²) in [7, 11) is 0. The molecular formula is C24H29N3O4. The summed E-state index contributed by atoms with van der Waals surface area (Å²) < 4.78 is 5.31. The Morgan fingerprint density at radius 3 is 2.42 bits per heavy atom. The van der Waals surface area contributed by atoms with E-state index in [9.17, 15) is 14.4 Å². The highest BCUT2D eigenvalue weighted by molar-refractivity contribution is 6.05. The van der Waals surface area contributed by atoms with Crippen molar-refractivity contribution >= 4 is 23.8 Å². The largest absolute Gasteiger partial charge is 0.465 e. The maximum absolute atomic E-state index is 12.9.